The van der Waals surface area contributed by atoms with Crippen LogP contribution in [0.4, 0.5) is 11.4 Å². The molecule has 38 heavy (non-hydrogen) atoms. The van der Waals surface area contributed by atoms with Gasteiger partial charge in [0.25, 0.3) is 6.71 Å². The Labute approximate surface area is 225 Å². The topological polar surface area (TPSA) is 8.17 Å². The Morgan fingerprint density at radius 1 is 0.737 bits per heavy atom. The number of fused-ring (bicyclic) bond motifs is 7. The molecule has 9 rings (SSSR count). The van der Waals surface area contributed by atoms with E-state index in [-0.39, 0.29) is 17.7 Å². The Kier molecular flexibility index (Phi) is 3.82. The van der Waals surface area contributed by atoms with Crippen LogP contribution in [0.1, 0.15) is 50.7 Å². The highest BCUT2D eigenvalue weighted by atomic mass is 15.3. The van der Waals surface area contributed by atoms with E-state index in [1.54, 1.807) is 5.56 Å². The van der Waals surface area contributed by atoms with E-state index in [9.17, 15) is 0 Å². The fraction of sp³-hybridized carbons (Fsp3) is 0.257. The lowest BCUT2D eigenvalue weighted by atomic mass is 9.33. The highest BCUT2D eigenvalue weighted by molar-refractivity contribution is 7.00. The Morgan fingerprint density at radius 3 is 2.34 bits per heavy atom. The van der Waals surface area contributed by atoms with Gasteiger partial charge >= 0.3 is 0 Å². The van der Waals surface area contributed by atoms with E-state index < -0.39 is 0 Å². The predicted octanol–water partition coefficient (Wildman–Crippen LogP) is 6.49. The SMILES string of the molecule is Cc1c(-c2ccccc2)n2c3c(cccc13)B1c3cccc4c3N(c3cccc-2c31)C1(C)CCCCC41C. The van der Waals surface area contributed by atoms with E-state index in [4.69, 9.17) is 0 Å². The van der Waals surface area contributed by atoms with Crippen molar-refractivity contribution >= 4 is 45.4 Å². The molecule has 0 radical (unpaired) electrons. The standard InChI is InChI=1S/C35H31BN2/c1-22-24-14-9-16-26-32(24)37(31(22)23-12-5-4-6-13-23)28-18-11-19-29-30(28)36(26)27-17-10-15-25-33(27)38(29)35(3)21-8-7-20-34(25,35)2/h4-6,9-19H,7-8,20-21H2,1-3H3. The molecule has 1 aliphatic carbocycles. The number of para-hydroxylation sites is 2. The number of rotatable bonds is 1. The van der Waals surface area contributed by atoms with Gasteiger partial charge in [0.15, 0.2) is 0 Å². The van der Waals surface area contributed by atoms with E-state index in [1.807, 2.05) is 0 Å². The molecule has 0 bridgehead atoms. The second-order valence-electron chi connectivity index (χ2n) is 12.5. The van der Waals surface area contributed by atoms with Crippen LogP contribution in [0.5, 0.6) is 0 Å². The molecule has 5 aromatic rings. The minimum atomic E-state index is 0.0882. The molecule has 3 aliphatic heterocycles. The van der Waals surface area contributed by atoms with Gasteiger partial charge in [-0.05, 0) is 71.9 Å². The summed E-state index contributed by atoms with van der Waals surface area (Å²) >= 11 is 0. The zero-order chi connectivity index (χ0) is 25.4. The minimum absolute atomic E-state index is 0.0882. The van der Waals surface area contributed by atoms with Gasteiger partial charge < -0.3 is 9.47 Å². The normalized spacial score (nSPS) is 23.9. The monoisotopic (exact) mass is 490 g/mol. The third-order valence-electron chi connectivity index (χ3n) is 10.9. The van der Waals surface area contributed by atoms with Crippen LogP contribution in [0.3, 0.4) is 0 Å². The van der Waals surface area contributed by atoms with Gasteiger partial charge in [0, 0.05) is 33.4 Å². The Bertz CT molecular complexity index is 1830. The van der Waals surface area contributed by atoms with Crippen LogP contribution >= 0.6 is 0 Å². The Balaban J connectivity index is 1.45. The molecular formula is C35H31BN2. The van der Waals surface area contributed by atoms with Crippen molar-refractivity contribution in [3.63, 3.8) is 0 Å². The molecule has 0 N–H and O–H groups in total. The maximum Gasteiger partial charge on any atom is 0.252 e. The molecular weight excluding hydrogens is 459 g/mol. The number of anilines is 2. The highest BCUT2D eigenvalue weighted by Crippen LogP contribution is 2.61. The van der Waals surface area contributed by atoms with Crippen molar-refractivity contribution in [1.29, 1.82) is 0 Å². The number of hydrogen-bond donors (Lipinski definition) is 0. The van der Waals surface area contributed by atoms with E-state index in [0.29, 0.717) is 0 Å². The van der Waals surface area contributed by atoms with Crippen LogP contribution in [0.2, 0.25) is 0 Å². The summed E-state index contributed by atoms with van der Waals surface area (Å²) < 4.78 is 2.60. The van der Waals surface area contributed by atoms with Gasteiger partial charge in [-0.25, -0.2) is 0 Å². The summed E-state index contributed by atoms with van der Waals surface area (Å²) in [6.07, 6.45) is 5.14. The van der Waals surface area contributed by atoms with Crippen LogP contribution < -0.4 is 21.3 Å². The molecule has 4 aliphatic rings. The largest absolute Gasteiger partial charge is 0.335 e. The number of benzene rings is 4. The van der Waals surface area contributed by atoms with Crippen LogP contribution in [-0.2, 0) is 5.41 Å². The third-order valence-corrected chi connectivity index (χ3v) is 10.9. The van der Waals surface area contributed by atoms with Crippen molar-refractivity contribution in [3.8, 4) is 16.9 Å². The molecule has 2 atom stereocenters. The molecule has 3 heteroatoms. The number of nitrogens with zero attached hydrogens (tertiary/aromatic N) is 2. The average molecular weight is 490 g/mol. The molecule has 0 amide bonds. The van der Waals surface area contributed by atoms with E-state index in [0.717, 1.165) is 0 Å². The van der Waals surface area contributed by atoms with Crippen LogP contribution in [0, 0.1) is 6.92 Å². The molecule has 1 fully saturated rings. The van der Waals surface area contributed by atoms with Gasteiger partial charge in [-0.15, -0.1) is 0 Å². The Morgan fingerprint density at radius 2 is 1.47 bits per heavy atom. The smallest absolute Gasteiger partial charge is 0.252 e. The summed E-state index contributed by atoms with van der Waals surface area (Å²) in [5.41, 5.74) is 15.9. The molecule has 0 spiro atoms. The van der Waals surface area contributed by atoms with E-state index in [2.05, 4.69) is 115 Å². The van der Waals surface area contributed by atoms with E-state index in [1.165, 1.54) is 86.9 Å². The van der Waals surface area contributed by atoms with Crippen molar-refractivity contribution in [2.24, 2.45) is 0 Å². The lowest BCUT2D eigenvalue weighted by Gasteiger charge is -2.52. The predicted molar refractivity (Wildman–Crippen MR) is 161 cm³/mol. The van der Waals surface area contributed by atoms with Gasteiger partial charge in [0.1, 0.15) is 0 Å². The number of hydrogen-bond acceptors (Lipinski definition) is 1. The summed E-state index contributed by atoms with van der Waals surface area (Å²) in [5.74, 6) is 0. The van der Waals surface area contributed by atoms with Gasteiger partial charge in [-0.2, -0.15) is 0 Å². The maximum atomic E-state index is 2.80. The third kappa shape index (κ3) is 2.18. The second kappa shape index (κ2) is 6.83. The summed E-state index contributed by atoms with van der Waals surface area (Å²) in [6, 6.07) is 32.3. The van der Waals surface area contributed by atoms with Crippen molar-refractivity contribution in [2.75, 3.05) is 4.90 Å². The van der Waals surface area contributed by atoms with Gasteiger partial charge in [0.05, 0.1) is 11.2 Å². The molecule has 184 valence electrons. The summed E-state index contributed by atoms with van der Waals surface area (Å²) in [4.78, 5) is 2.80. The van der Waals surface area contributed by atoms with Crippen molar-refractivity contribution in [3.05, 3.63) is 96.1 Å². The maximum absolute atomic E-state index is 2.80. The molecule has 1 aromatic heterocycles. The van der Waals surface area contributed by atoms with Crippen molar-refractivity contribution < 1.29 is 0 Å². The quantitative estimate of drug-likeness (QED) is 0.239. The summed E-state index contributed by atoms with van der Waals surface area (Å²) in [6.45, 7) is 7.68. The highest BCUT2D eigenvalue weighted by Gasteiger charge is 2.60. The van der Waals surface area contributed by atoms with Crippen LogP contribution in [-0.4, -0.2) is 16.8 Å². The van der Waals surface area contributed by atoms with Crippen molar-refractivity contribution in [1.82, 2.24) is 4.57 Å². The van der Waals surface area contributed by atoms with Gasteiger partial charge in [0.2, 0.25) is 0 Å². The van der Waals surface area contributed by atoms with Gasteiger partial charge in [-0.3, -0.25) is 0 Å². The zero-order valence-corrected chi connectivity index (χ0v) is 22.4. The lowest BCUT2D eigenvalue weighted by Crippen LogP contribution is -2.64. The van der Waals surface area contributed by atoms with Gasteiger partial charge in [-0.1, -0.05) is 92.6 Å². The molecule has 0 saturated heterocycles. The zero-order valence-electron chi connectivity index (χ0n) is 22.4. The van der Waals surface area contributed by atoms with Crippen LogP contribution in [0.25, 0.3) is 27.8 Å². The Hall–Kier alpha value is -3.72. The first-order valence-electron chi connectivity index (χ1n) is 14.3. The van der Waals surface area contributed by atoms with Crippen molar-refractivity contribution in [2.45, 2.75) is 57.4 Å². The first kappa shape index (κ1) is 21.2. The fourth-order valence-corrected chi connectivity index (χ4v) is 9.04. The molecule has 4 aromatic carbocycles. The first-order valence-corrected chi connectivity index (χ1v) is 14.3. The van der Waals surface area contributed by atoms with Crippen LogP contribution in [0.15, 0.2) is 84.9 Å². The number of aryl methyl sites for hydroxylation is 1. The first-order chi connectivity index (χ1) is 18.5. The molecule has 4 heterocycles. The molecule has 2 unspecified atom stereocenters. The average Bonchev–Trinajstić information content (AvgIpc) is 3.36. The van der Waals surface area contributed by atoms with E-state index >= 15 is 0 Å². The minimum Gasteiger partial charge on any atom is -0.335 e. The summed E-state index contributed by atoms with van der Waals surface area (Å²) in [7, 11) is 0. The fourth-order valence-electron chi connectivity index (χ4n) is 9.04. The molecule has 2 nitrogen and oxygen atoms in total. The summed E-state index contributed by atoms with van der Waals surface area (Å²) in [5, 5.41) is 1.38. The second-order valence-corrected chi connectivity index (χ2v) is 12.5. The number of aromatic nitrogens is 1. The lowest BCUT2D eigenvalue weighted by molar-refractivity contribution is 0.195. The molecule has 1 saturated carbocycles.